The molecule has 2 rings (SSSR count). The lowest BCUT2D eigenvalue weighted by atomic mass is 9.91. The second-order valence-corrected chi connectivity index (χ2v) is 5.56. The molecule has 0 saturated carbocycles. The Bertz CT molecular complexity index is 654. The van der Waals surface area contributed by atoms with Crippen molar-refractivity contribution in [2.75, 3.05) is 18.5 Å². The molecule has 3 nitrogen and oxygen atoms in total. The maximum Gasteiger partial charge on any atom is 0.331 e. The van der Waals surface area contributed by atoms with Crippen molar-refractivity contribution in [1.29, 1.82) is 0 Å². The molecular formula is C20H25NO2. The summed E-state index contributed by atoms with van der Waals surface area (Å²) in [4.78, 5) is 11.8. The Labute approximate surface area is 138 Å². The zero-order chi connectivity index (χ0) is 16.7. The highest BCUT2D eigenvalue weighted by Gasteiger charge is 2.16. The van der Waals surface area contributed by atoms with Gasteiger partial charge in [0.1, 0.15) is 0 Å². The molecule has 1 heterocycles. The predicted octanol–water partition coefficient (Wildman–Crippen LogP) is 4.51. The zero-order valence-electron chi connectivity index (χ0n) is 14.2. The maximum absolute atomic E-state index is 11.8. The smallest absolute Gasteiger partial charge is 0.331 e. The van der Waals surface area contributed by atoms with Crippen LogP contribution >= 0.6 is 0 Å². The largest absolute Gasteiger partial charge is 0.463 e. The highest BCUT2D eigenvalue weighted by Crippen LogP contribution is 2.34. The van der Waals surface area contributed by atoms with Crippen LogP contribution in [0.1, 0.15) is 38.3 Å². The highest BCUT2D eigenvalue weighted by molar-refractivity contribution is 5.93. The Morgan fingerprint density at radius 2 is 2.22 bits per heavy atom. The van der Waals surface area contributed by atoms with Crippen LogP contribution in [0.3, 0.4) is 0 Å². The Morgan fingerprint density at radius 1 is 1.39 bits per heavy atom. The lowest BCUT2D eigenvalue weighted by Crippen LogP contribution is -2.13. The van der Waals surface area contributed by atoms with Gasteiger partial charge >= 0.3 is 5.97 Å². The van der Waals surface area contributed by atoms with Gasteiger partial charge in [-0.1, -0.05) is 36.4 Å². The second kappa shape index (κ2) is 8.37. The molecule has 3 heteroatoms. The Kier molecular flexibility index (Phi) is 6.21. The molecule has 1 aliphatic rings. The van der Waals surface area contributed by atoms with Gasteiger partial charge in [0, 0.05) is 23.9 Å². The van der Waals surface area contributed by atoms with Crippen molar-refractivity contribution in [3.63, 3.8) is 0 Å². The van der Waals surface area contributed by atoms with Crippen LogP contribution in [0.25, 0.3) is 5.57 Å². The van der Waals surface area contributed by atoms with E-state index in [-0.39, 0.29) is 5.97 Å². The number of carbonyl (C=O) groups excluding carboxylic acids is 1. The first kappa shape index (κ1) is 17.1. The minimum absolute atomic E-state index is 0.297. The fourth-order valence-electron chi connectivity index (χ4n) is 2.80. The van der Waals surface area contributed by atoms with Gasteiger partial charge in [0.2, 0.25) is 0 Å². The minimum atomic E-state index is -0.297. The van der Waals surface area contributed by atoms with Crippen molar-refractivity contribution in [3.05, 3.63) is 59.2 Å². The molecule has 1 aromatic rings. The molecule has 0 amide bonds. The molecule has 1 aliphatic heterocycles. The van der Waals surface area contributed by atoms with E-state index in [1.54, 1.807) is 6.08 Å². The van der Waals surface area contributed by atoms with Gasteiger partial charge in [-0.15, -0.1) is 0 Å². The number of carbonyl (C=O) groups is 1. The summed E-state index contributed by atoms with van der Waals surface area (Å²) in [5, 5.41) is 3.51. The van der Waals surface area contributed by atoms with Crippen LogP contribution < -0.4 is 5.32 Å². The van der Waals surface area contributed by atoms with Crippen LogP contribution in [0.2, 0.25) is 0 Å². The summed E-state index contributed by atoms with van der Waals surface area (Å²) in [6.07, 6.45) is 9.86. The average molecular weight is 311 g/mol. The molecule has 0 atom stereocenters. The first-order valence-corrected chi connectivity index (χ1v) is 8.22. The number of rotatable bonds is 5. The van der Waals surface area contributed by atoms with Crippen LogP contribution in [0.15, 0.2) is 48.1 Å². The minimum Gasteiger partial charge on any atom is -0.463 e. The van der Waals surface area contributed by atoms with Crippen LogP contribution in [0, 0.1) is 0 Å². The molecule has 0 radical (unpaired) electrons. The molecule has 0 spiro atoms. The third-order valence-corrected chi connectivity index (χ3v) is 3.87. The third kappa shape index (κ3) is 4.35. The van der Waals surface area contributed by atoms with E-state index in [9.17, 15) is 4.79 Å². The van der Waals surface area contributed by atoms with Crippen LogP contribution in [-0.2, 0) is 16.0 Å². The summed E-state index contributed by atoms with van der Waals surface area (Å²) in [6.45, 7) is 7.13. The average Bonchev–Trinajstić information content (AvgIpc) is 2.55. The van der Waals surface area contributed by atoms with E-state index in [1.807, 2.05) is 32.9 Å². The summed E-state index contributed by atoms with van der Waals surface area (Å²) in [6, 6.07) is 6.36. The van der Waals surface area contributed by atoms with Crippen LogP contribution in [-0.4, -0.2) is 19.1 Å². The topological polar surface area (TPSA) is 38.3 Å². The zero-order valence-corrected chi connectivity index (χ0v) is 14.2. The number of esters is 1. The van der Waals surface area contributed by atoms with Gasteiger partial charge in [-0.3, -0.25) is 0 Å². The number of hydrogen-bond acceptors (Lipinski definition) is 3. The van der Waals surface area contributed by atoms with Crippen molar-refractivity contribution < 1.29 is 9.53 Å². The SMILES string of the molecule is CC=CC=C(C(C)=CC(=O)OCC)c1cccc2c1NCCC2. The van der Waals surface area contributed by atoms with Gasteiger partial charge in [-0.05, 0) is 50.3 Å². The molecule has 122 valence electrons. The molecule has 0 saturated heterocycles. The number of fused-ring (bicyclic) bond motifs is 1. The number of para-hydroxylation sites is 1. The van der Waals surface area contributed by atoms with Gasteiger partial charge in [0.15, 0.2) is 0 Å². The molecule has 0 fully saturated rings. The number of benzene rings is 1. The van der Waals surface area contributed by atoms with Gasteiger partial charge in [-0.25, -0.2) is 4.79 Å². The molecule has 0 aliphatic carbocycles. The summed E-state index contributed by atoms with van der Waals surface area (Å²) in [5.41, 5.74) is 5.61. The van der Waals surface area contributed by atoms with Gasteiger partial charge < -0.3 is 10.1 Å². The maximum atomic E-state index is 11.8. The number of anilines is 1. The standard InChI is InChI=1S/C20H25NO2/c1-4-6-11-17(15(3)14-19(22)23-5-2)18-12-7-9-16-10-8-13-21-20(16)18/h4,6-7,9,11-12,14,21H,5,8,10,13H2,1-3H3. The van der Waals surface area contributed by atoms with E-state index < -0.39 is 0 Å². The van der Waals surface area contributed by atoms with E-state index in [0.29, 0.717) is 6.61 Å². The Morgan fingerprint density at radius 3 is 2.96 bits per heavy atom. The van der Waals surface area contributed by atoms with Crippen molar-refractivity contribution in [3.8, 4) is 0 Å². The Balaban J connectivity index is 2.46. The van der Waals surface area contributed by atoms with Crippen molar-refractivity contribution in [2.45, 2.75) is 33.6 Å². The second-order valence-electron chi connectivity index (χ2n) is 5.56. The number of allylic oxidation sites excluding steroid dienone is 5. The van der Waals surface area contributed by atoms with Gasteiger partial charge in [0.25, 0.3) is 0 Å². The lowest BCUT2D eigenvalue weighted by Gasteiger charge is -2.22. The monoisotopic (exact) mass is 311 g/mol. The normalized spacial score (nSPS) is 15.3. The summed E-state index contributed by atoms with van der Waals surface area (Å²) >= 11 is 0. The molecule has 1 aromatic carbocycles. The lowest BCUT2D eigenvalue weighted by molar-refractivity contribution is -0.137. The first-order chi connectivity index (χ1) is 11.2. The van der Waals surface area contributed by atoms with E-state index >= 15 is 0 Å². The van der Waals surface area contributed by atoms with Crippen LogP contribution in [0.5, 0.6) is 0 Å². The number of hydrogen-bond donors (Lipinski definition) is 1. The highest BCUT2D eigenvalue weighted by atomic mass is 16.5. The van der Waals surface area contributed by atoms with E-state index in [4.69, 9.17) is 4.74 Å². The fraction of sp³-hybridized carbons (Fsp3) is 0.350. The van der Waals surface area contributed by atoms with E-state index in [2.05, 4.69) is 29.6 Å². The summed E-state index contributed by atoms with van der Waals surface area (Å²) < 4.78 is 5.04. The molecule has 23 heavy (non-hydrogen) atoms. The van der Waals surface area contributed by atoms with E-state index in [0.717, 1.165) is 36.1 Å². The van der Waals surface area contributed by atoms with Crippen molar-refractivity contribution in [2.24, 2.45) is 0 Å². The molecule has 0 bridgehead atoms. The van der Waals surface area contributed by atoms with Gasteiger partial charge in [-0.2, -0.15) is 0 Å². The molecular weight excluding hydrogens is 286 g/mol. The molecule has 0 aromatic heterocycles. The fourth-order valence-corrected chi connectivity index (χ4v) is 2.80. The van der Waals surface area contributed by atoms with E-state index in [1.165, 1.54) is 11.3 Å². The summed E-state index contributed by atoms with van der Waals surface area (Å²) in [7, 11) is 0. The predicted molar refractivity (Wildman–Crippen MR) is 96.4 cm³/mol. The number of nitrogens with one attached hydrogen (secondary N) is 1. The first-order valence-electron chi connectivity index (χ1n) is 8.22. The van der Waals surface area contributed by atoms with Crippen molar-refractivity contribution >= 4 is 17.2 Å². The number of ether oxygens (including phenoxy) is 1. The third-order valence-electron chi connectivity index (χ3n) is 3.87. The van der Waals surface area contributed by atoms with Gasteiger partial charge in [0.05, 0.1) is 6.61 Å². The Hall–Kier alpha value is -2.29. The molecule has 1 N–H and O–H groups in total. The number of aryl methyl sites for hydroxylation is 1. The summed E-state index contributed by atoms with van der Waals surface area (Å²) in [5.74, 6) is -0.297. The van der Waals surface area contributed by atoms with Crippen LogP contribution in [0.4, 0.5) is 5.69 Å². The quantitative estimate of drug-likeness (QED) is 0.494. The van der Waals surface area contributed by atoms with Crippen molar-refractivity contribution in [1.82, 2.24) is 0 Å². The molecule has 0 unspecified atom stereocenters.